The SMILES string of the molecule is CCCC(C(=O)N[C@@H](CC(=O)OC)c1cncc(-c2c(C)cccc2C)c1)n1ccc(C)cc1=O. The molecule has 0 saturated heterocycles. The van der Waals surface area contributed by atoms with E-state index in [-0.39, 0.29) is 17.9 Å². The number of aryl methyl sites for hydroxylation is 3. The summed E-state index contributed by atoms with van der Waals surface area (Å²) in [6, 6.07) is 10.0. The molecule has 1 amide bonds. The lowest BCUT2D eigenvalue weighted by Gasteiger charge is -2.24. The van der Waals surface area contributed by atoms with Crippen molar-refractivity contribution in [3.8, 4) is 11.1 Å². The molecular formula is C28H33N3O4. The minimum absolute atomic E-state index is 0.0538. The summed E-state index contributed by atoms with van der Waals surface area (Å²) < 4.78 is 6.35. The van der Waals surface area contributed by atoms with Gasteiger partial charge in [-0.3, -0.25) is 19.4 Å². The second-order valence-corrected chi connectivity index (χ2v) is 8.87. The highest BCUT2D eigenvalue weighted by Gasteiger charge is 2.26. The number of rotatable bonds is 9. The van der Waals surface area contributed by atoms with Gasteiger partial charge < -0.3 is 14.6 Å². The molecule has 35 heavy (non-hydrogen) atoms. The van der Waals surface area contributed by atoms with E-state index in [0.717, 1.165) is 27.8 Å². The van der Waals surface area contributed by atoms with Crippen molar-refractivity contribution in [3.63, 3.8) is 0 Å². The lowest BCUT2D eigenvalue weighted by Crippen LogP contribution is -2.39. The van der Waals surface area contributed by atoms with Crippen molar-refractivity contribution in [1.82, 2.24) is 14.9 Å². The fourth-order valence-electron chi connectivity index (χ4n) is 4.34. The van der Waals surface area contributed by atoms with Gasteiger partial charge in [-0.15, -0.1) is 0 Å². The first-order valence-electron chi connectivity index (χ1n) is 11.8. The molecule has 1 N–H and O–H groups in total. The number of nitrogens with one attached hydrogen (secondary N) is 1. The summed E-state index contributed by atoms with van der Waals surface area (Å²) in [5.41, 5.74) is 5.48. The highest BCUT2D eigenvalue weighted by Crippen LogP contribution is 2.29. The molecule has 1 unspecified atom stereocenters. The predicted octanol–water partition coefficient (Wildman–Crippen LogP) is 4.60. The molecule has 0 aliphatic rings. The van der Waals surface area contributed by atoms with Crippen LogP contribution in [0.1, 0.15) is 60.5 Å². The van der Waals surface area contributed by atoms with Crippen LogP contribution in [0.3, 0.4) is 0 Å². The van der Waals surface area contributed by atoms with E-state index < -0.39 is 18.1 Å². The highest BCUT2D eigenvalue weighted by atomic mass is 16.5. The average molecular weight is 476 g/mol. The summed E-state index contributed by atoms with van der Waals surface area (Å²) in [6.45, 7) is 7.88. The summed E-state index contributed by atoms with van der Waals surface area (Å²) in [5, 5.41) is 2.99. The minimum Gasteiger partial charge on any atom is -0.469 e. The van der Waals surface area contributed by atoms with Crippen LogP contribution in [0.25, 0.3) is 11.1 Å². The van der Waals surface area contributed by atoms with Crippen LogP contribution in [-0.4, -0.2) is 28.5 Å². The van der Waals surface area contributed by atoms with Gasteiger partial charge in [0.15, 0.2) is 0 Å². The molecular weight excluding hydrogens is 442 g/mol. The maximum absolute atomic E-state index is 13.4. The lowest BCUT2D eigenvalue weighted by atomic mass is 9.94. The Morgan fingerprint density at radius 2 is 1.80 bits per heavy atom. The maximum atomic E-state index is 13.4. The Balaban J connectivity index is 1.98. The van der Waals surface area contributed by atoms with Gasteiger partial charge in [-0.2, -0.15) is 0 Å². The molecule has 0 radical (unpaired) electrons. The van der Waals surface area contributed by atoms with Gasteiger partial charge in [0.1, 0.15) is 6.04 Å². The zero-order chi connectivity index (χ0) is 25.5. The summed E-state index contributed by atoms with van der Waals surface area (Å²) >= 11 is 0. The number of nitrogens with zero attached hydrogens (tertiary/aromatic N) is 2. The van der Waals surface area contributed by atoms with E-state index in [1.54, 1.807) is 24.7 Å². The van der Waals surface area contributed by atoms with Crippen molar-refractivity contribution in [1.29, 1.82) is 0 Å². The van der Waals surface area contributed by atoms with E-state index in [0.29, 0.717) is 18.4 Å². The first-order valence-corrected chi connectivity index (χ1v) is 11.8. The molecule has 2 heterocycles. The van der Waals surface area contributed by atoms with Crippen molar-refractivity contribution < 1.29 is 14.3 Å². The quantitative estimate of drug-likeness (QED) is 0.457. The van der Waals surface area contributed by atoms with Gasteiger partial charge in [-0.05, 0) is 67.1 Å². The summed E-state index contributed by atoms with van der Waals surface area (Å²) in [5.74, 6) is -0.781. The van der Waals surface area contributed by atoms with Crippen LogP contribution in [-0.2, 0) is 14.3 Å². The smallest absolute Gasteiger partial charge is 0.307 e. The average Bonchev–Trinajstić information content (AvgIpc) is 2.82. The fourth-order valence-corrected chi connectivity index (χ4v) is 4.34. The third kappa shape index (κ3) is 6.23. The molecule has 3 rings (SSSR count). The van der Waals surface area contributed by atoms with Gasteiger partial charge in [0.05, 0.1) is 19.6 Å². The Morgan fingerprint density at radius 3 is 2.43 bits per heavy atom. The second-order valence-electron chi connectivity index (χ2n) is 8.87. The molecule has 0 bridgehead atoms. The molecule has 2 atom stereocenters. The minimum atomic E-state index is -0.692. The number of carbonyl (C=O) groups is 2. The number of hydrogen-bond acceptors (Lipinski definition) is 5. The van der Waals surface area contributed by atoms with Crippen LogP contribution in [0.2, 0.25) is 0 Å². The Labute approximate surface area is 206 Å². The van der Waals surface area contributed by atoms with E-state index >= 15 is 0 Å². The van der Waals surface area contributed by atoms with E-state index in [1.807, 2.05) is 52.0 Å². The van der Waals surface area contributed by atoms with Gasteiger partial charge >= 0.3 is 5.97 Å². The number of carbonyl (C=O) groups excluding carboxylic acids is 2. The number of amides is 1. The van der Waals surface area contributed by atoms with Crippen LogP contribution in [0, 0.1) is 20.8 Å². The fraction of sp³-hybridized carbons (Fsp3) is 0.357. The number of aromatic nitrogens is 2. The third-order valence-corrected chi connectivity index (χ3v) is 6.15. The van der Waals surface area contributed by atoms with Crippen molar-refractivity contribution in [2.75, 3.05) is 7.11 Å². The van der Waals surface area contributed by atoms with Crippen LogP contribution < -0.4 is 10.9 Å². The summed E-state index contributed by atoms with van der Waals surface area (Å²) in [7, 11) is 1.32. The molecule has 3 aromatic rings. The van der Waals surface area contributed by atoms with Crippen molar-refractivity contribution in [2.24, 2.45) is 0 Å². The maximum Gasteiger partial charge on any atom is 0.307 e. The van der Waals surface area contributed by atoms with E-state index in [9.17, 15) is 14.4 Å². The van der Waals surface area contributed by atoms with Crippen LogP contribution in [0.5, 0.6) is 0 Å². The Morgan fingerprint density at radius 1 is 1.09 bits per heavy atom. The number of hydrogen-bond donors (Lipinski definition) is 1. The molecule has 0 aliphatic heterocycles. The molecule has 7 nitrogen and oxygen atoms in total. The lowest BCUT2D eigenvalue weighted by molar-refractivity contribution is -0.141. The zero-order valence-corrected chi connectivity index (χ0v) is 21.0. The molecule has 184 valence electrons. The largest absolute Gasteiger partial charge is 0.469 e. The van der Waals surface area contributed by atoms with Crippen molar-refractivity contribution >= 4 is 11.9 Å². The Kier molecular flexibility index (Phi) is 8.58. The first kappa shape index (κ1) is 25.9. The van der Waals surface area contributed by atoms with Gasteiger partial charge in [0.2, 0.25) is 5.91 Å². The second kappa shape index (κ2) is 11.6. The molecule has 0 aliphatic carbocycles. The zero-order valence-electron chi connectivity index (χ0n) is 21.0. The first-order chi connectivity index (χ1) is 16.7. The van der Waals surface area contributed by atoms with Crippen molar-refractivity contribution in [2.45, 2.75) is 59.0 Å². The standard InChI is InChI=1S/C28H33N3O4/c1-6-8-24(31-12-11-18(2)13-25(31)32)28(34)30-23(15-26(33)35-5)21-14-22(17-29-16-21)27-19(3)9-7-10-20(27)4/h7,9-14,16-17,23-24H,6,8,15H2,1-5H3,(H,30,34)/t23-,24?/m0/s1. The monoisotopic (exact) mass is 475 g/mol. The Hall–Kier alpha value is -3.74. The number of esters is 1. The normalized spacial score (nSPS) is 12.6. The van der Waals surface area contributed by atoms with Crippen LogP contribution in [0.4, 0.5) is 0 Å². The number of benzene rings is 1. The van der Waals surface area contributed by atoms with Crippen LogP contribution in [0.15, 0.2) is 59.8 Å². The van der Waals surface area contributed by atoms with Gasteiger partial charge in [0, 0.05) is 30.2 Å². The van der Waals surface area contributed by atoms with Crippen LogP contribution >= 0.6 is 0 Å². The molecule has 0 spiro atoms. The Bertz CT molecular complexity index is 1240. The molecule has 0 fully saturated rings. The number of ether oxygens (including phenoxy) is 1. The molecule has 2 aromatic heterocycles. The summed E-state index contributed by atoms with van der Waals surface area (Å²) in [6.07, 6.45) is 6.22. The van der Waals surface area contributed by atoms with Gasteiger partial charge in [0.25, 0.3) is 5.56 Å². The molecule has 7 heteroatoms. The number of methoxy groups -OCH3 is 1. The van der Waals surface area contributed by atoms with E-state index in [2.05, 4.69) is 10.3 Å². The highest BCUT2D eigenvalue weighted by molar-refractivity contribution is 5.82. The molecule has 1 aromatic carbocycles. The van der Waals surface area contributed by atoms with Gasteiger partial charge in [-0.1, -0.05) is 31.5 Å². The third-order valence-electron chi connectivity index (χ3n) is 6.15. The van der Waals surface area contributed by atoms with Crippen molar-refractivity contribution in [3.05, 3.63) is 87.6 Å². The summed E-state index contributed by atoms with van der Waals surface area (Å²) in [4.78, 5) is 42.7. The number of pyridine rings is 2. The predicted molar refractivity (Wildman–Crippen MR) is 136 cm³/mol. The van der Waals surface area contributed by atoms with E-state index in [1.165, 1.54) is 17.7 Å². The molecule has 0 saturated carbocycles. The van der Waals surface area contributed by atoms with Gasteiger partial charge in [-0.25, -0.2) is 0 Å². The van der Waals surface area contributed by atoms with E-state index in [4.69, 9.17) is 4.74 Å². The topological polar surface area (TPSA) is 90.3 Å².